The van der Waals surface area contributed by atoms with Crippen LogP contribution in [0.1, 0.15) is 8.22 Å². The second kappa shape index (κ2) is 13.1. The molecule has 0 N–H and O–H groups in total. The van der Waals surface area contributed by atoms with Crippen LogP contribution in [0.2, 0.25) is 0 Å². The van der Waals surface area contributed by atoms with Crippen LogP contribution in [0.3, 0.4) is 0 Å². The van der Waals surface area contributed by atoms with Crippen molar-refractivity contribution in [3.63, 3.8) is 0 Å². The van der Waals surface area contributed by atoms with Crippen molar-refractivity contribution in [3.05, 3.63) is 194 Å². The first-order valence-corrected chi connectivity index (χ1v) is 19.9. The van der Waals surface area contributed by atoms with Crippen molar-refractivity contribution >= 4 is 74.9 Å². The van der Waals surface area contributed by atoms with E-state index < -0.39 is 0 Å². The Kier molecular flexibility index (Phi) is 6.12. The molecule has 0 radical (unpaired) electrons. The molecule has 0 aliphatic carbocycles. The van der Waals surface area contributed by atoms with Crippen LogP contribution < -0.4 is 0 Å². The summed E-state index contributed by atoms with van der Waals surface area (Å²) in [5, 5.41) is 6.76. The van der Waals surface area contributed by atoms with Gasteiger partial charge >= 0.3 is 0 Å². The fourth-order valence-corrected chi connectivity index (χ4v) is 9.49. The van der Waals surface area contributed by atoms with Gasteiger partial charge in [0.25, 0.3) is 0 Å². The third-order valence-corrected chi connectivity index (χ3v) is 12.2. The number of rotatable bonds is 5. The Morgan fingerprint density at radius 1 is 0.414 bits per heavy atom. The van der Waals surface area contributed by atoms with Crippen molar-refractivity contribution in [2.75, 3.05) is 0 Å². The molecule has 3 heterocycles. The van der Waals surface area contributed by atoms with Crippen LogP contribution in [0.25, 0.3) is 115 Å². The van der Waals surface area contributed by atoms with E-state index in [2.05, 4.69) is 65.2 Å². The molecule has 0 amide bonds. The standard InChI is InChI=1S/C53H32N4S/c1-3-18-36-33(14-1)16-11-25-43(36)52-54-51(55-53(56-52)44-26-12-17-34-15-2-4-19-37(34)44)35-30-31-48(57-46-27-8-5-20-38(46)39-21-6-9-28-47(39)57)45(32-35)42-24-13-23-41-40-22-7-10-29-49(40)58-50(41)42/h1-32H/i7D,13D,22D,23D,24D,29D. The molecule has 0 unspecified atom stereocenters. The van der Waals surface area contributed by atoms with E-state index in [1.807, 2.05) is 91.0 Å². The van der Waals surface area contributed by atoms with E-state index >= 15 is 0 Å². The molecular weight excluding hydrogens is 725 g/mol. The Hall–Kier alpha value is -7.47. The first-order chi connectivity index (χ1) is 31.2. The number of benzene rings is 9. The number of nitrogens with zero attached hydrogens (tertiary/aromatic N) is 4. The minimum Gasteiger partial charge on any atom is -0.309 e. The largest absolute Gasteiger partial charge is 0.309 e. The van der Waals surface area contributed by atoms with Crippen molar-refractivity contribution in [3.8, 4) is 51.0 Å². The summed E-state index contributed by atoms with van der Waals surface area (Å²) >= 11 is 1.22. The maximum Gasteiger partial charge on any atom is 0.164 e. The smallest absolute Gasteiger partial charge is 0.164 e. The molecule has 58 heavy (non-hydrogen) atoms. The van der Waals surface area contributed by atoms with E-state index in [0.29, 0.717) is 48.9 Å². The average Bonchev–Trinajstić information content (AvgIpc) is 3.90. The molecule has 0 saturated heterocycles. The molecule has 12 aromatic rings. The van der Waals surface area contributed by atoms with E-state index in [4.69, 9.17) is 19.1 Å². The highest BCUT2D eigenvalue weighted by atomic mass is 32.1. The Morgan fingerprint density at radius 3 is 1.66 bits per heavy atom. The number of para-hydroxylation sites is 2. The van der Waals surface area contributed by atoms with Crippen molar-refractivity contribution in [1.29, 1.82) is 0 Å². The van der Waals surface area contributed by atoms with Gasteiger partial charge in [0.15, 0.2) is 17.5 Å². The van der Waals surface area contributed by atoms with Crippen molar-refractivity contribution < 1.29 is 8.22 Å². The van der Waals surface area contributed by atoms with Gasteiger partial charge in [0.2, 0.25) is 0 Å². The highest BCUT2D eigenvalue weighted by Gasteiger charge is 2.21. The van der Waals surface area contributed by atoms with E-state index in [1.165, 1.54) is 17.4 Å². The summed E-state index contributed by atoms with van der Waals surface area (Å²) in [5.74, 6) is 1.39. The lowest BCUT2D eigenvalue weighted by Gasteiger charge is -2.17. The van der Waals surface area contributed by atoms with Gasteiger partial charge < -0.3 is 4.57 Å². The van der Waals surface area contributed by atoms with Crippen molar-refractivity contribution in [2.24, 2.45) is 0 Å². The molecule has 0 spiro atoms. The monoisotopic (exact) mass is 762 g/mol. The first-order valence-electron chi connectivity index (χ1n) is 22.0. The van der Waals surface area contributed by atoms with Gasteiger partial charge in [-0.3, -0.25) is 0 Å². The Labute approximate surface area is 346 Å². The molecule has 5 heteroatoms. The van der Waals surface area contributed by atoms with E-state index in [0.717, 1.165) is 60.2 Å². The average molecular weight is 763 g/mol. The lowest BCUT2D eigenvalue weighted by molar-refractivity contribution is 1.08. The predicted molar refractivity (Wildman–Crippen MR) is 244 cm³/mol. The van der Waals surface area contributed by atoms with Gasteiger partial charge in [-0.25, -0.2) is 15.0 Å². The van der Waals surface area contributed by atoms with Crippen LogP contribution in [0.5, 0.6) is 0 Å². The third-order valence-electron chi connectivity index (χ3n) is 11.0. The van der Waals surface area contributed by atoms with Gasteiger partial charge in [-0.2, -0.15) is 0 Å². The van der Waals surface area contributed by atoms with Gasteiger partial charge in [-0.05, 0) is 57.9 Å². The summed E-state index contributed by atoms with van der Waals surface area (Å²) in [7, 11) is 0. The maximum absolute atomic E-state index is 9.67. The van der Waals surface area contributed by atoms with Crippen LogP contribution in [0, 0.1) is 0 Å². The lowest BCUT2D eigenvalue weighted by atomic mass is 9.98. The molecule has 0 atom stereocenters. The summed E-state index contributed by atoms with van der Waals surface area (Å²) in [5.41, 5.74) is 5.91. The van der Waals surface area contributed by atoms with E-state index in [9.17, 15) is 4.11 Å². The van der Waals surface area contributed by atoms with Crippen LogP contribution in [0.15, 0.2) is 194 Å². The van der Waals surface area contributed by atoms with Crippen LogP contribution in [0.4, 0.5) is 0 Å². The third kappa shape index (κ3) is 5.11. The summed E-state index contributed by atoms with van der Waals surface area (Å²) in [4.78, 5) is 15.6. The van der Waals surface area contributed by atoms with Crippen LogP contribution in [-0.4, -0.2) is 19.5 Å². The molecule has 0 saturated carbocycles. The number of hydrogen-bond donors (Lipinski definition) is 0. The summed E-state index contributed by atoms with van der Waals surface area (Å²) in [6.07, 6.45) is 0. The van der Waals surface area contributed by atoms with Gasteiger partial charge in [-0.1, -0.05) is 158 Å². The number of aromatic nitrogens is 4. The molecule has 270 valence electrons. The van der Waals surface area contributed by atoms with E-state index in [1.54, 1.807) is 0 Å². The zero-order valence-corrected chi connectivity index (χ0v) is 31.5. The molecule has 4 nitrogen and oxygen atoms in total. The predicted octanol–water partition coefficient (Wildman–Crippen LogP) is 14.3. The van der Waals surface area contributed by atoms with E-state index in [-0.39, 0.29) is 41.6 Å². The van der Waals surface area contributed by atoms with Gasteiger partial charge in [-0.15, -0.1) is 11.3 Å². The summed E-state index contributed by atoms with van der Waals surface area (Å²) in [6.45, 7) is 0. The second-order valence-electron chi connectivity index (χ2n) is 14.3. The van der Waals surface area contributed by atoms with Gasteiger partial charge in [0.1, 0.15) is 0 Å². The van der Waals surface area contributed by atoms with Gasteiger partial charge in [0.05, 0.1) is 24.9 Å². The highest BCUT2D eigenvalue weighted by Crippen LogP contribution is 2.44. The molecule has 0 fully saturated rings. The molecule has 0 bridgehead atoms. The van der Waals surface area contributed by atoms with Crippen LogP contribution in [-0.2, 0) is 0 Å². The molecule has 9 aromatic carbocycles. The second-order valence-corrected chi connectivity index (χ2v) is 15.3. The molecular formula is C53H32N4S. The topological polar surface area (TPSA) is 43.6 Å². The van der Waals surface area contributed by atoms with Gasteiger partial charge in [0, 0.05) is 58.8 Å². The molecule has 0 aliphatic rings. The quantitative estimate of drug-likeness (QED) is 0.175. The van der Waals surface area contributed by atoms with Crippen molar-refractivity contribution in [2.45, 2.75) is 0 Å². The number of hydrogen-bond acceptors (Lipinski definition) is 4. The summed E-state index contributed by atoms with van der Waals surface area (Å²) < 4.78 is 57.6. The normalized spacial score (nSPS) is 13.2. The fourth-order valence-electron chi connectivity index (χ4n) is 8.40. The Morgan fingerprint density at radius 2 is 0.983 bits per heavy atom. The first kappa shape index (κ1) is 27.2. The molecule has 3 aromatic heterocycles. The molecule has 12 rings (SSSR count). The minimum atomic E-state index is -0.307. The minimum absolute atomic E-state index is 0.0594. The number of thiophene rings is 1. The fraction of sp³-hybridized carbons (Fsp3) is 0. The van der Waals surface area contributed by atoms with Crippen LogP contribution >= 0.6 is 11.3 Å². The Balaban J connectivity index is 1.21. The van der Waals surface area contributed by atoms with Crippen molar-refractivity contribution in [1.82, 2.24) is 19.5 Å². The Bertz CT molecular complexity index is 3790. The SMILES string of the molecule is [2H]c1cc([2H])c2sc3c(-c4cc(-c5nc(-c6cccc7ccccc67)nc(-c6cccc7ccccc67)n5)ccc4-n4c5ccccc5c5ccccc54)c([2H])c([2H])c([2H])c3c2c1[2H]. The zero-order valence-electron chi connectivity index (χ0n) is 36.7. The zero-order chi connectivity index (χ0) is 43.4. The maximum atomic E-state index is 9.67. The highest BCUT2D eigenvalue weighted by molar-refractivity contribution is 7.26. The lowest BCUT2D eigenvalue weighted by Crippen LogP contribution is -2.02. The number of fused-ring (bicyclic) bond motifs is 8. The molecule has 0 aliphatic heterocycles. The summed E-state index contributed by atoms with van der Waals surface area (Å²) in [6, 6.07) is 51.3.